The van der Waals surface area contributed by atoms with Crippen LogP contribution in [0, 0.1) is 0 Å². The zero-order valence-corrected chi connectivity index (χ0v) is 23.8. The van der Waals surface area contributed by atoms with Gasteiger partial charge in [0.2, 0.25) is 20.8 Å². The second-order valence-electron chi connectivity index (χ2n) is 6.76. The molecule has 2 heterocycles. The minimum atomic E-state index is -5.22. The molecule has 21 heteroatoms. The van der Waals surface area contributed by atoms with Crippen molar-refractivity contribution in [3.8, 4) is 0 Å². The Morgan fingerprint density at radius 3 is 1.62 bits per heavy atom. The SMILES string of the molecule is CO[C@@H]1O[C@H](COS(=O)(=O)[O-])[C@@H](O[C@H]2O[C@H](COS(=O)(=O)[O-])[C@@H](O)[C@H](O)[C@H]2O)[C@H](O)[C@H]1O.[Na+].[Na+]. The van der Waals surface area contributed by atoms with E-state index in [1.165, 1.54) is 0 Å². The van der Waals surface area contributed by atoms with E-state index in [-0.39, 0.29) is 59.1 Å². The molecule has 0 radical (unpaired) electrons. The fourth-order valence-corrected chi connectivity index (χ4v) is 3.63. The maximum atomic E-state index is 10.8. The summed E-state index contributed by atoms with van der Waals surface area (Å²) in [4.78, 5) is 0. The summed E-state index contributed by atoms with van der Waals surface area (Å²) in [6, 6.07) is 0. The zero-order valence-electron chi connectivity index (χ0n) is 18.1. The Morgan fingerprint density at radius 2 is 1.15 bits per heavy atom. The van der Waals surface area contributed by atoms with E-state index in [9.17, 15) is 51.5 Å². The van der Waals surface area contributed by atoms with Crippen molar-refractivity contribution < 1.29 is 138 Å². The average molecular weight is 560 g/mol. The number of hydrogen-bond donors (Lipinski definition) is 5. The van der Waals surface area contributed by atoms with Crippen LogP contribution in [0.2, 0.25) is 0 Å². The number of hydrogen-bond acceptors (Lipinski definition) is 17. The van der Waals surface area contributed by atoms with Crippen molar-refractivity contribution in [1.29, 1.82) is 0 Å². The quantitative estimate of drug-likeness (QED) is 0.0994. The van der Waals surface area contributed by atoms with Gasteiger partial charge < -0.3 is 53.6 Å². The van der Waals surface area contributed by atoms with E-state index in [4.69, 9.17) is 18.9 Å². The number of aliphatic hydroxyl groups is 5. The summed E-state index contributed by atoms with van der Waals surface area (Å²) >= 11 is 0. The summed E-state index contributed by atoms with van der Waals surface area (Å²) < 4.78 is 92.5. The molecule has 0 unspecified atom stereocenters. The predicted octanol–water partition coefficient (Wildman–Crippen LogP) is -11.8. The molecule has 0 spiro atoms. The Balaban J connectivity index is 0.00000544. The van der Waals surface area contributed by atoms with E-state index in [2.05, 4.69) is 8.37 Å². The van der Waals surface area contributed by atoms with Crippen LogP contribution < -0.4 is 59.1 Å². The fourth-order valence-electron chi connectivity index (χ4n) is 3.03. The second kappa shape index (κ2) is 14.5. The molecule has 2 saturated heterocycles. The first-order valence-corrected chi connectivity index (χ1v) is 11.4. The molecule has 190 valence electrons. The van der Waals surface area contributed by atoms with Crippen LogP contribution in [0.25, 0.3) is 0 Å². The van der Waals surface area contributed by atoms with E-state index in [0.29, 0.717) is 0 Å². The summed E-state index contributed by atoms with van der Waals surface area (Å²) in [7, 11) is -9.36. The Bertz CT molecular complexity index is 827. The molecule has 0 saturated carbocycles. The Hall–Kier alpha value is 1.38. The first-order valence-electron chi connectivity index (χ1n) is 8.74. The number of rotatable bonds is 9. The molecule has 5 N–H and O–H groups in total. The summed E-state index contributed by atoms with van der Waals surface area (Å²) in [5.41, 5.74) is 0. The summed E-state index contributed by atoms with van der Waals surface area (Å²) in [5, 5.41) is 50.4. The molecule has 0 aromatic heterocycles. The summed E-state index contributed by atoms with van der Waals surface area (Å²) in [6.45, 7) is -2.12. The first-order chi connectivity index (χ1) is 14.6. The zero-order chi connectivity index (χ0) is 24.4. The predicted molar refractivity (Wildman–Crippen MR) is 90.5 cm³/mol. The third-order valence-corrected chi connectivity index (χ3v) is 5.44. The van der Waals surface area contributed by atoms with E-state index in [1.54, 1.807) is 0 Å². The minimum absolute atomic E-state index is 0. The monoisotopic (exact) mass is 560 g/mol. The van der Waals surface area contributed by atoms with E-state index >= 15 is 0 Å². The molecule has 2 fully saturated rings. The molecule has 2 aliphatic heterocycles. The van der Waals surface area contributed by atoms with Gasteiger partial charge in [0.15, 0.2) is 12.6 Å². The molecule has 2 aliphatic rings. The third kappa shape index (κ3) is 9.93. The van der Waals surface area contributed by atoms with Crippen LogP contribution >= 0.6 is 0 Å². The van der Waals surface area contributed by atoms with Gasteiger partial charge in [0.05, 0.1) is 13.2 Å². The van der Waals surface area contributed by atoms with Crippen LogP contribution in [-0.2, 0) is 48.1 Å². The first kappa shape index (κ1) is 35.4. The van der Waals surface area contributed by atoms with Gasteiger partial charge in [0.1, 0.15) is 48.8 Å². The van der Waals surface area contributed by atoms with E-state index in [1.807, 2.05) is 0 Å². The standard InChI is InChI=1S/C13H24O17S2.2Na/c1-25-12-10(18)8(16)11(5(29-12)3-27-32(22,23)24)30-13-9(17)7(15)6(14)4(28-13)2-26-31(19,20)21;;/h4-18H,2-3H2,1H3,(H,19,20,21)(H,22,23,24);;/q;2*+1/p-2/t4-,5-,6-,7+,8-,9-,10-,11-,12-,13-;;/m1../s1. The Kier molecular flexibility index (Phi) is 15.1. The van der Waals surface area contributed by atoms with Gasteiger partial charge in [-0.25, -0.2) is 16.8 Å². The van der Waals surface area contributed by atoms with Crippen LogP contribution in [-0.4, -0.2) is 133 Å². The molecule has 10 atom stereocenters. The molecule has 17 nitrogen and oxygen atoms in total. The number of aliphatic hydroxyl groups excluding tert-OH is 5. The molecule has 0 aromatic rings. The van der Waals surface area contributed by atoms with Gasteiger partial charge in [0.25, 0.3) is 0 Å². The molecule has 0 aliphatic carbocycles. The van der Waals surface area contributed by atoms with E-state index in [0.717, 1.165) is 7.11 Å². The molecule has 0 bridgehead atoms. The molecule has 0 amide bonds. The van der Waals surface area contributed by atoms with Crippen molar-refractivity contribution >= 4 is 20.8 Å². The Labute approximate surface area is 238 Å². The van der Waals surface area contributed by atoms with Gasteiger partial charge in [-0.3, -0.25) is 8.37 Å². The van der Waals surface area contributed by atoms with Crippen molar-refractivity contribution in [3.63, 3.8) is 0 Å². The van der Waals surface area contributed by atoms with Gasteiger partial charge in [-0.1, -0.05) is 0 Å². The van der Waals surface area contributed by atoms with Crippen molar-refractivity contribution in [2.75, 3.05) is 20.3 Å². The van der Waals surface area contributed by atoms with Crippen LogP contribution in [0.15, 0.2) is 0 Å². The van der Waals surface area contributed by atoms with Crippen molar-refractivity contribution in [2.45, 2.75) is 61.4 Å². The minimum Gasteiger partial charge on any atom is -0.726 e. The maximum absolute atomic E-state index is 10.8. The van der Waals surface area contributed by atoms with Crippen LogP contribution in [0.5, 0.6) is 0 Å². The molecular formula is C13H22Na2O17S2. The van der Waals surface area contributed by atoms with Gasteiger partial charge in [-0.2, -0.15) is 0 Å². The smallest absolute Gasteiger partial charge is 0.726 e. The van der Waals surface area contributed by atoms with Crippen molar-refractivity contribution in [1.82, 2.24) is 0 Å². The van der Waals surface area contributed by atoms with Crippen LogP contribution in [0.3, 0.4) is 0 Å². The van der Waals surface area contributed by atoms with Gasteiger partial charge in [-0.05, 0) is 0 Å². The molecule has 0 aromatic carbocycles. The summed E-state index contributed by atoms with van der Waals surface area (Å²) in [5.74, 6) is 0. The van der Waals surface area contributed by atoms with Gasteiger partial charge in [-0.15, -0.1) is 0 Å². The van der Waals surface area contributed by atoms with Crippen LogP contribution in [0.1, 0.15) is 0 Å². The van der Waals surface area contributed by atoms with Gasteiger partial charge >= 0.3 is 59.1 Å². The third-order valence-electron chi connectivity index (χ3n) is 4.59. The average Bonchev–Trinajstić information content (AvgIpc) is 2.68. The van der Waals surface area contributed by atoms with Crippen molar-refractivity contribution in [3.05, 3.63) is 0 Å². The van der Waals surface area contributed by atoms with Gasteiger partial charge in [0, 0.05) is 7.11 Å². The summed E-state index contributed by atoms with van der Waals surface area (Å²) in [6.07, 6.45) is -18.3. The second-order valence-corrected chi connectivity index (χ2v) is 8.87. The largest absolute Gasteiger partial charge is 1.00 e. The van der Waals surface area contributed by atoms with E-state index < -0.39 is 95.4 Å². The number of ether oxygens (including phenoxy) is 4. The topological polar surface area (TPSA) is 271 Å². The van der Waals surface area contributed by atoms with Crippen molar-refractivity contribution in [2.24, 2.45) is 0 Å². The molecular weight excluding hydrogens is 538 g/mol. The fraction of sp³-hybridized carbons (Fsp3) is 1.00. The maximum Gasteiger partial charge on any atom is 1.00 e. The molecule has 34 heavy (non-hydrogen) atoms. The van der Waals surface area contributed by atoms with Crippen LogP contribution in [0.4, 0.5) is 0 Å². The molecule has 2 rings (SSSR count). The Morgan fingerprint density at radius 1 is 0.706 bits per heavy atom. The normalized spacial score (nSPS) is 39.1. The number of methoxy groups -OCH3 is 1.